The lowest BCUT2D eigenvalue weighted by Crippen LogP contribution is -2.45. The molecule has 0 aliphatic carbocycles. The van der Waals surface area contributed by atoms with Crippen molar-refractivity contribution in [2.24, 2.45) is 0 Å². The van der Waals surface area contributed by atoms with Crippen LogP contribution in [0.3, 0.4) is 0 Å². The quantitative estimate of drug-likeness (QED) is 0.491. The molecule has 23 heavy (non-hydrogen) atoms. The molecule has 0 amide bonds. The second-order valence-corrected chi connectivity index (χ2v) is 5.92. The molecule has 0 spiro atoms. The fourth-order valence-corrected chi connectivity index (χ4v) is 2.89. The number of aliphatic hydroxyl groups excluding tert-OH is 2. The van der Waals surface area contributed by atoms with E-state index >= 15 is 0 Å². The van der Waals surface area contributed by atoms with Gasteiger partial charge in [0.15, 0.2) is 11.1 Å². The SMILES string of the molecule is Cc1cc(=O)[nH]c(=O)n1[C@@H]1O[C@H]([C@H](C)O)[C@H](O)C1(Cl)C#CCF. The second-order valence-electron chi connectivity index (χ2n) is 5.29. The van der Waals surface area contributed by atoms with E-state index in [0.717, 1.165) is 10.6 Å². The molecule has 0 bridgehead atoms. The van der Waals surface area contributed by atoms with Crippen LogP contribution in [-0.4, -0.2) is 49.6 Å². The van der Waals surface area contributed by atoms with Crippen molar-refractivity contribution >= 4 is 11.6 Å². The number of aliphatic hydroxyl groups is 2. The smallest absolute Gasteiger partial charge is 0.330 e. The molecule has 0 saturated carbocycles. The van der Waals surface area contributed by atoms with Gasteiger partial charge in [0.05, 0.1) is 6.10 Å². The number of rotatable bonds is 2. The Hall–Kier alpha value is -1.66. The molecule has 0 aromatic carbocycles. The van der Waals surface area contributed by atoms with Crippen molar-refractivity contribution in [2.75, 3.05) is 6.67 Å². The molecular formula is C14H16ClFN2O5. The molecule has 1 aliphatic heterocycles. The third-order valence-electron chi connectivity index (χ3n) is 3.61. The number of alkyl halides is 2. The normalized spacial score (nSPS) is 31.5. The van der Waals surface area contributed by atoms with Gasteiger partial charge in [-0.25, -0.2) is 9.18 Å². The lowest BCUT2D eigenvalue weighted by Gasteiger charge is -2.26. The largest absolute Gasteiger partial charge is 0.391 e. The van der Waals surface area contributed by atoms with E-state index in [-0.39, 0.29) is 5.69 Å². The standard InChI is InChI=1S/C14H16ClFN2O5/c1-7-6-9(20)17-13(22)18(7)12-14(15,4-3-5-16)11(21)10(23-12)8(2)19/h6,8,10-12,19,21H,5H2,1-2H3,(H,17,20,22)/t8-,10+,11-,12+,14?/m0/s1. The van der Waals surface area contributed by atoms with Crippen LogP contribution in [0.2, 0.25) is 0 Å². The molecule has 1 aromatic heterocycles. The first-order valence-corrected chi connectivity index (χ1v) is 7.19. The summed E-state index contributed by atoms with van der Waals surface area (Å²) < 4.78 is 18.9. The van der Waals surface area contributed by atoms with Crippen LogP contribution in [0.5, 0.6) is 0 Å². The molecule has 1 unspecified atom stereocenters. The van der Waals surface area contributed by atoms with Crippen LogP contribution in [0, 0.1) is 18.8 Å². The minimum atomic E-state index is -1.86. The summed E-state index contributed by atoms with van der Waals surface area (Å²) in [5, 5.41) is 20.1. The Morgan fingerprint density at radius 2 is 2.26 bits per heavy atom. The van der Waals surface area contributed by atoms with Crippen molar-refractivity contribution in [3.63, 3.8) is 0 Å². The van der Waals surface area contributed by atoms with Gasteiger partial charge >= 0.3 is 5.69 Å². The highest BCUT2D eigenvalue weighted by molar-refractivity contribution is 6.27. The lowest BCUT2D eigenvalue weighted by molar-refractivity contribution is -0.0778. The Morgan fingerprint density at radius 1 is 1.61 bits per heavy atom. The van der Waals surface area contributed by atoms with E-state index in [1.54, 1.807) is 0 Å². The van der Waals surface area contributed by atoms with Crippen LogP contribution in [0.15, 0.2) is 15.7 Å². The highest BCUT2D eigenvalue weighted by atomic mass is 35.5. The molecular weight excluding hydrogens is 331 g/mol. The summed E-state index contributed by atoms with van der Waals surface area (Å²) in [6.45, 7) is 1.84. The average Bonchev–Trinajstić information content (AvgIpc) is 2.70. The minimum Gasteiger partial charge on any atom is -0.391 e. The highest BCUT2D eigenvalue weighted by Gasteiger charge is 2.57. The number of H-pyrrole nitrogens is 1. The molecule has 5 atom stereocenters. The van der Waals surface area contributed by atoms with Crippen molar-refractivity contribution in [2.45, 2.75) is 43.3 Å². The van der Waals surface area contributed by atoms with Crippen molar-refractivity contribution in [3.05, 3.63) is 32.6 Å². The molecule has 0 radical (unpaired) electrons. The number of aryl methyl sites for hydroxylation is 1. The Balaban J connectivity index is 2.63. The summed E-state index contributed by atoms with van der Waals surface area (Å²) in [6.07, 6.45) is -5.04. The minimum absolute atomic E-state index is 0.217. The number of nitrogens with one attached hydrogen (secondary N) is 1. The molecule has 1 aromatic rings. The summed E-state index contributed by atoms with van der Waals surface area (Å²) in [4.78, 5) is 23.6. The molecule has 3 N–H and O–H groups in total. The van der Waals surface area contributed by atoms with Gasteiger partial charge in [0.1, 0.15) is 18.9 Å². The maximum atomic E-state index is 12.4. The number of ether oxygens (including phenoxy) is 1. The van der Waals surface area contributed by atoms with Gasteiger partial charge in [-0.1, -0.05) is 23.4 Å². The number of nitrogens with zero attached hydrogens (tertiary/aromatic N) is 1. The predicted molar refractivity (Wildman–Crippen MR) is 80.0 cm³/mol. The first-order valence-electron chi connectivity index (χ1n) is 6.81. The zero-order valence-electron chi connectivity index (χ0n) is 12.4. The number of aromatic nitrogens is 2. The molecule has 9 heteroatoms. The van der Waals surface area contributed by atoms with Crippen LogP contribution < -0.4 is 11.2 Å². The first-order chi connectivity index (χ1) is 10.7. The van der Waals surface area contributed by atoms with Gasteiger partial charge in [-0.3, -0.25) is 14.3 Å². The lowest BCUT2D eigenvalue weighted by atomic mass is 9.96. The van der Waals surface area contributed by atoms with Crippen molar-refractivity contribution in [1.29, 1.82) is 0 Å². The summed E-state index contributed by atoms with van der Waals surface area (Å²) >= 11 is 6.34. The summed E-state index contributed by atoms with van der Waals surface area (Å²) in [5.74, 6) is 4.48. The van der Waals surface area contributed by atoms with E-state index in [9.17, 15) is 24.2 Å². The Labute approximate surface area is 135 Å². The number of hydrogen-bond donors (Lipinski definition) is 3. The molecule has 7 nitrogen and oxygen atoms in total. The van der Waals surface area contributed by atoms with Gasteiger partial charge in [-0.15, -0.1) is 0 Å². The molecule has 1 fully saturated rings. The van der Waals surface area contributed by atoms with Crippen LogP contribution >= 0.6 is 11.6 Å². The van der Waals surface area contributed by atoms with Gasteiger partial charge in [-0.05, 0) is 13.8 Å². The topological polar surface area (TPSA) is 105 Å². The zero-order valence-corrected chi connectivity index (χ0v) is 13.2. The molecule has 126 valence electrons. The Morgan fingerprint density at radius 3 is 2.78 bits per heavy atom. The van der Waals surface area contributed by atoms with Crippen LogP contribution in [-0.2, 0) is 4.74 Å². The number of halogens is 2. The van der Waals surface area contributed by atoms with Crippen molar-refractivity contribution in [3.8, 4) is 11.8 Å². The fourth-order valence-electron chi connectivity index (χ4n) is 2.55. The summed E-state index contributed by atoms with van der Waals surface area (Å²) in [5.41, 5.74) is -1.20. The van der Waals surface area contributed by atoms with E-state index in [2.05, 4.69) is 16.8 Å². The van der Waals surface area contributed by atoms with Crippen LogP contribution in [0.1, 0.15) is 18.8 Å². The second kappa shape index (κ2) is 6.45. The van der Waals surface area contributed by atoms with Crippen molar-refractivity contribution in [1.82, 2.24) is 9.55 Å². The van der Waals surface area contributed by atoms with Gasteiger partial charge in [0.2, 0.25) is 0 Å². The van der Waals surface area contributed by atoms with E-state index in [0.29, 0.717) is 0 Å². The third kappa shape index (κ3) is 3.05. The summed E-state index contributed by atoms with van der Waals surface area (Å²) in [7, 11) is 0. The van der Waals surface area contributed by atoms with Crippen LogP contribution in [0.25, 0.3) is 0 Å². The van der Waals surface area contributed by atoms with Crippen molar-refractivity contribution < 1.29 is 19.3 Å². The van der Waals surface area contributed by atoms with E-state index in [1.807, 2.05) is 0 Å². The predicted octanol–water partition coefficient (Wildman–Crippen LogP) is -0.565. The third-order valence-corrected chi connectivity index (χ3v) is 4.12. The van der Waals surface area contributed by atoms with Gasteiger partial charge in [0.25, 0.3) is 5.56 Å². The van der Waals surface area contributed by atoms with Gasteiger partial charge in [-0.2, -0.15) is 0 Å². The Bertz CT molecular complexity index is 765. The van der Waals surface area contributed by atoms with Gasteiger partial charge in [0, 0.05) is 11.8 Å². The monoisotopic (exact) mass is 346 g/mol. The highest BCUT2D eigenvalue weighted by Crippen LogP contribution is 2.43. The van der Waals surface area contributed by atoms with Crippen LogP contribution in [0.4, 0.5) is 4.39 Å². The maximum absolute atomic E-state index is 12.4. The van der Waals surface area contributed by atoms with Gasteiger partial charge < -0.3 is 14.9 Å². The zero-order chi connectivity index (χ0) is 17.4. The number of aromatic amines is 1. The molecule has 2 heterocycles. The molecule has 1 aliphatic rings. The Kier molecular flexibility index (Phi) is 4.96. The average molecular weight is 347 g/mol. The number of hydrogen-bond acceptors (Lipinski definition) is 5. The van der Waals surface area contributed by atoms with E-state index < -0.39 is 47.3 Å². The first kappa shape index (κ1) is 17.7. The summed E-state index contributed by atoms with van der Waals surface area (Å²) in [6, 6.07) is 1.15. The van der Waals surface area contributed by atoms with E-state index in [1.165, 1.54) is 13.8 Å². The fraction of sp³-hybridized carbons (Fsp3) is 0.571. The molecule has 2 rings (SSSR count). The van der Waals surface area contributed by atoms with E-state index in [4.69, 9.17) is 16.3 Å². The molecule has 1 saturated heterocycles. The maximum Gasteiger partial charge on any atom is 0.330 e.